The highest BCUT2D eigenvalue weighted by Crippen LogP contribution is 2.27. The first-order valence-electron chi connectivity index (χ1n) is 10.5. The number of aromatic nitrogens is 1. The summed E-state index contributed by atoms with van der Waals surface area (Å²) in [5, 5.41) is 0. The van der Waals surface area contributed by atoms with Crippen LogP contribution in [0.5, 0.6) is 0 Å². The molecule has 0 radical (unpaired) electrons. The lowest BCUT2D eigenvalue weighted by Gasteiger charge is -2.33. The molecule has 1 aliphatic rings. The highest BCUT2D eigenvalue weighted by atomic mass is 16.6. The van der Waals surface area contributed by atoms with Gasteiger partial charge in [-0.05, 0) is 45.6 Å². The third-order valence-corrected chi connectivity index (χ3v) is 2.19. The van der Waals surface area contributed by atoms with Crippen molar-refractivity contribution < 1.29 is 21.9 Å². The number of ether oxygens (including phenoxy) is 1. The van der Waals surface area contributed by atoms with Gasteiger partial charge < -0.3 is 15.4 Å². The lowest BCUT2D eigenvalue weighted by Crippen LogP contribution is -2.41. The first kappa shape index (κ1) is 6.78. The molecule has 0 aliphatic carbocycles. The van der Waals surface area contributed by atoms with Crippen LogP contribution in [-0.2, 0) is 4.74 Å². The van der Waals surface area contributed by atoms with Gasteiger partial charge in [0.15, 0.2) is 0 Å². The predicted octanol–water partition coefficient (Wildman–Crippen LogP) is 2.78. The summed E-state index contributed by atoms with van der Waals surface area (Å²) in [5.74, 6) is -3.39. The van der Waals surface area contributed by atoms with Crippen LogP contribution in [0.3, 0.4) is 0 Å². The number of rotatable bonds is 1. The van der Waals surface area contributed by atoms with Crippen LogP contribution in [0.1, 0.15) is 57.4 Å². The van der Waals surface area contributed by atoms with Crippen molar-refractivity contribution in [2.75, 3.05) is 18.7 Å². The fourth-order valence-electron chi connectivity index (χ4n) is 1.40. The van der Waals surface area contributed by atoms with Crippen molar-refractivity contribution in [3.8, 4) is 0 Å². The molecular weight excluding hydrogens is 254 g/mol. The number of nitrogen functional groups attached to an aromatic ring is 1. The van der Waals surface area contributed by atoms with Crippen molar-refractivity contribution in [1.29, 1.82) is 0 Å². The third kappa shape index (κ3) is 3.85. The minimum absolute atomic E-state index is 0.184. The van der Waals surface area contributed by atoms with E-state index < -0.39 is 49.0 Å². The molecule has 0 unspecified atom stereocenters. The molecule has 2 heterocycles. The second kappa shape index (κ2) is 5.69. The molecule has 1 aromatic rings. The Balaban J connectivity index is 2.81. The van der Waals surface area contributed by atoms with E-state index in [9.17, 15) is 4.79 Å². The molecule has 0 saturated carbocycles. The van der Waals surface area contributed by atoms with Crippen LogP contribution in [0.15, 0.2) is 18.2 Å². The van der Waals surface area contributed by atoms with E-state index in [-0.39, 0.29) is 10.7 Å². The molecule has 1 aliphatic heterocycles. The molecule has 110 valence electrons. The van der Waals surface area contributed by atoms with Crippen LogP contribution in [0.4, 0.5) is 10.6 Å². The van der Waals surface area contributed by atoms with Gasteiger partial charge in [-0.15, -0.1) is 0 Å². The van der Waals surface area contributed by atoms with E-state index in [0.717, 1.165) is 6.07 Å². The molecule has 1 saturated heterocycles. The second-order valence-corrected chi connectivity index (χ2v) is 5.11. The largest absolute Gasteiger partial charge is 0.444 e. The Morgan fingerprint density at radius 3 is 2.70 bits per heavy atom. The van der Waals surface area contributed by atoms with Gasteiger partial charge in [-0.3, -0.25) is 0 Å². The molecule has 5 heteroatoms. The smallest absolute Gasteiger partial charge is 0.410 e. The van der Waals surface area contributed by atoms with E-state index in [1.54, 1.807) is 0 Å². The van der Waals surface area contributed by atoms with Gasteiger partial charge in [0.25, 0.3) is 0 Å². The lowest BCUT2D eigenvalue weighted by molar-refractivity contribution is 0.0204. The maximum absolute atomic E-state index is 12.6. The van der Waals surface area contributed by atoms with Gasteiger partial charge in [0.05, 0.1) is 0 Å². The minimum Gasteiger partial charge on any atom is -0.444 e. The van der Waals surface area contributed by atoms with E-state index in [2.05, 4.69) is 4.98 Å². The SMILES string of the molecule is [2H]C1([2H])N(C(=O)OC(C)(C)C)C([2H])([2H])C([2H])([2H])C([2H])(c2cccc(N)n2)C1([2H])[2H]. The van der Waals surface area contributed by atoms with Crippen molar-refractivity contribution >= 4 is 11.9 Å². The number of amides is 1. The summed E-state index contributed by atoms with van der Waals surface area (Å²) in [6.45, 7) is -2.66. The molecule has 0 spiro atoms. The highest BCUT2D eigenvalue weighted by molar-refractivity contribution is 5.68. The Bertz CT molecular complexity index is 795. The molecular formula is C15H23N3O2. The number of anilines is 1. The molecule has 1 amide bonds. The molecule has 5 nitrogen and oxygen atoms in total. The summed E-state index contributed by atoms with van der Waals surface area (Å²) >= 11 is 0. The number of likely N-dealkylation sites (tertiary alicyclic amines) is 1. The number of hydrogen-bond acceptors (Lipinski definition) is 4. The number of hydrogen-bond donors (Lipinski definition) is 1. The average molecular weight is 286 g/mol. The molecule has 20 heavy (non-hydrogen) atoms. The number of pyridine rings is 1. The molecule has 0 atom stereocenters. The van der Waals surface area contributed by atoms with Gasteiger partial charge >= 0.3 is 6.09 Å². The summed E-state index contributed by atoms with van der Waals surface area (Å²) in [6.07, 6.45) is -8.53. The van der Waals surface area contributed by atoms with Crippen LogP contribution in [-0.4, -0.2) is 34.6 Å². The summed E-state index contributed by atoms with van der Waals surface area (Å²) in [6, 6.07) is 3.64. The van der Waals surface area contributed by atoms with Crippen molar-refractivity contribution in [2.24, 2.45) is 0 Å². The number of carbonyl (C=O) groups excluding carboxylic acids is 1. The minimum atomic E-state index is -3.49. The van der Waals surface area contributed by atoms with E-state index in [0.29, 0.717) is 0 Å². The summed E-state index contributed by atoms with van der Waals surface area (Å²) in [7, 11) is 0. The molecule has 1 aromatic heterocycles. The summed E-state index contributed by atoms with van der Waals surface area (Å²) in [5.41, 5.74) is 3.78. The molecule has 2 rings (SSSR count). The number of piperidine rings is 1. The molecule has 2 N–H and O–H groups in total. The monoisotopic (exact) mass is 286 g/mol. The van der Waals surface area contributed by atoms with Crippen molar-refractivity contribution in [1.82, 2.24) is 9.88 Å². The van der Waals surface area contributed by atoms with E-state index in [1.807, 2.05) is 0 Å². The standard InChI is InChI=1S/C15H23N3O2/c1-15(2,3)20-14(19)18-9-7-11(8-10-18)12-5-4-6-13(16)17-12/h4-6,11H,7-10H2,1-3H3,(H2,16,17)/i7D2,8D2,9D2,10D2,11D. The third-order valence-electron chi connectivity index (χ3n) is 2.19. The first-order chi connectivity index (χ1) is 12.7. The van der Waals surface area contributed by atoms with Crippen molar-refractivity contribution in [2.45, 2.75) is 45.0 Å². The topological polar surface area (TPSA) is 68.5 Å². The van der Waals surface area contributed by atoms with Gasteiger partial charge in [-0.25, -0.2) is 9.78 Å². The predicted molar refractivity (Wildman–Crippen MR) is 78.4 cm³/mol. The van der Waals surface area contributed by atoms with Crippen LogP contribution < -0.4 is 5.73 Å². The Kier molecular flexibility index (Phi) is 1.93. The second-order valence-electron chi connectivity index (χ2n) is 5.11. The Hall–Kier alpha value is -1.78. The Morgan fingerprint density at radius 1 is 1.50 bits per heavy atom. The van der Waals surface area contributed by atoms with Crippen molar-refractivity contribution in [3.63, 3.8) is 0 Å². The van der Waals surface area contributed by atoms with Gasteiger partial charge in [0.2, 0.25) is 0 Å². The Labute approximate surface area is 132 Å². The highest BCUT2D eigenvalue weighted by Gasteiger charge is 2.27. The van der Waals surface area contributed by atoms with Gasteiger partial charge in [0.1, 0.15) is 11.4 Å². The maximum atomic E-state index is 12.6. The lowest BCUT2D eigenvalue weighted by atomic mass is 9.93. The quantitative estimate of drug-likeness (QED) is 0.862. The number of nitrogens with zero attached hydrogens (tertiary/aromatic N) is 2. The number of carbonyl (C=O) groups is 1. The van der Waals surface area contributed by atoms with E-state index in [4.69, 9.17) is 22.8 Å². The van der Waals surface area contributed by atoms with Gasteiger partial charge in [-0.2, -0.15) is 0 Å². The summed E-state index contributed by atoms with van der Waals surface area (Å²) < 4.78 is 80.0. The first-order valence-corrected chi connectivity index (χ1v) is 6.01. The van der Waals surface area contributed by atoms with Crippen LogP contribution >= 0.6 is 0 Å². The van der Waals surface area contributed by atoms with Crippen LogP contribution in [0.2, 0.25) is 0 Å². The maximum Gasteiger partial charge on any atom is 0.410 e. The summed E-state index contributed by atoms with van der Waals surface area (Å²) in [4.78, 5) is 16.1. The zero-order chi connectivity index (χ0) is 22.8. The zero-order valence-corrected chi connectivity index (χ0v) is 11.5. The average Bonchev–Trinajstić information content (AvgIpc) is 2.50. The van der Waals surface area contributed by atoms with Gasteiger partial charge in [0, 0.05) is 36.9 Å². The van der Waals surface area contributed by atoms with E-state index >= 15 is 0 Å². The van der Waals surface area contributed by atoms with Crippen LogP contribution in [0, 0.1) is 0 Å². The van der Waals surface area contributed by atoms with E-state index in [1.165, 1.54) is 32.9 Å². The Morgan fingerprint density at radius 2 is 2.15 bits per heavy atom. The normalized spacial score (nSPS) is 35.4. The fraction of sp³-hybridized carbons (Fsp3) is 0.600. The zero-order valence-electron chi connectivity index (χ0n) is 20.5. The molecule has 0 aromatic carbocycles. The fourth-order valence-corrected chi connectivity index (χ4v) is 1.40. The van der Waals surface area contributed by atoms with Crippen LogP contribution in [0.25, 0.3) is 0 Å². The van der Waals surface area contributed by atoms with Crippen molar-refractivity contribution in [3.05, 3.63) is 23.9 Å². The number of nitrogens with two attached hydrogens (primary N) is 1. The molecule has 0 bridgehead atoms. The van der Waals surface area contributed by atoms with Gasteiger partial charge in [-0.1, -0.05) is 6.07 Å². The molecule has 1 fully saturated rings.